The lowest BCUT2D eigenvalue weighted by atomic mass is 10.0. The summed E-state index contributed by atoms with van der Waals surface area (Å²) in [6.45, 7) is 5.18. The van der Waals surface area contributed by atoms with E-state index in [0.29, 0.717) is 6.42 Å². The van der Waals surface area contributed by atoms with Crippen molar-refractivity contribution in [3.63, 3.8) is 0 Å². The van der Waals surface area contributed by atoms with Crippen molar-refractivity contribution in [3.8, 4) is 5.75 Å². The van der Waals surface area contributed by atoms with Crippen LogP contribution in [0.25, 0.3) is 0 Å². The predicted octanol–water partition coefficient (Wildman–Crippen LogP) is 2.37. The number of benzene rings is 1. The van der Waals surface area contributed by atoms with Crippen LogP contribution in [0.2, 0.25) is 0 Å². The first-order valence-electron chi connectivity index (χ1n) is 8.28. The Labute approximate surface area is 132 Å². The summed E-state index contributed by atoms with van der Waals surface area (Å²) in [5.41, 5.74) is 3.60. The molecule has 0 saturated carbocycles. The van der Waals surface area contributed by atoms with Crippen molar-refractivity contribution in [3.05, 3.63) is 28.8 Å². The molecule has 0 aromatic heterocycles. The first-order chi connectivity index (χ1) is 10.6. The van der Waals surface area contributed by atoms with Gasteiger partial charge >= 0.3 is 0 Å². The highest BCUT2D eigenvalue weighted by atomic mass is 16.5. The van der Waals surface area contributed by atoms with Gasteiger partial charge in [-0.15, -0.1) is 0 Å². The Balaban J connectivity index is 1.69. The molecule has 1 amide bonds. The average Bonchev–Trinajstić information content (AvgIpc) is 3.11. The smallest absolute Gasteiger partial charge is 0.264 e. The van der Waals surface area contributed by atoms with Gasteiger partial charge < -0.3 is 14.7 Å². The Morgan fingerprint density at radius 3 is 2.91 bits per heavy atom. The Morgan fingerprint density at radius 1 is 1.36 bits per heavy atom. The van der Waals surface area contributed by atoms with Crippen LogP contribution in [0.3, 0.4) is 0 Å². The Morgan fingerprint density at radius 2 is 2.14 bits per heavy atom. The fourth-order valence-corrected chi connectivity index (χ4v) is 3.59. The average molecular weight is 303 g/mol. The van der Waals surface area contributed by atoms with Crippen molar-refractivity contribution in [2.24, 2.45) is 0 Å². The topological polar surface area (TPSA) is 49.8 Å². The molecule has 2 heterocycles. The number of carbonyl (C=O) groups excluding carboxylic acids is 1. The second-order valence-corrected chi connectivity index (χ2v) is 6.55. The number of hydrogen-bond donors (Lipinski definition) is 1. The highest BCUT2D eigenvalue weighted by Crippen LogP contribution is 2.33. The third-order valence-electron chi connectivity index (χ3n) is 4.98. The van der Waals surface area contributed by atoms with E-state index in [2.05, 4.69) is 19.9 Å². The second-order valence-electron chi connectivity index (χ2n) is 6.55. The molecular weight excluding hydrogens is 278 g/mol. The van der Waals surface area contributed by atoms with Gasteiger partial charge in [-0.2, -0.15) is 0 Å². The summed E-state index contributed by atoms with van der Waals surface area (Å²) in [5.74, 6) is 0.986. The number of likely N-dealkylation sites (tertiary alicyclic amines) is 1. The quantitative estimate of drug-likeness (QED) is 0.929. The lowest BCUT2D eigenvalue weighted by Crippen LogP contribution is -2.44. The Hall–Kier alpha value is -1.55. The molecule has 120 valence electrons. The van der Waals surface area contributed by atoms with E-state index >= 15 is 0 Å². The third-order valence-corrected chi connectivity index (χ3v) is 4.98. The van der Waals surface area contributed by atoms with Crippen LogP contribution in [-0.2, 0) is 11.2 Å². The molecule has 3 rings (SSSR count). The van der Waals surface area contributed by atoms with Crippen LogP contribution in [0.1, 0.15) is 42.4 Å². The summed E-state index contributed by atoms with van der Waals surface area (Å²) >= 11 is 0. The third kappa shape index (κ3) is 2.84. The molecule has 1 aromatic carbocycles. The number of carbonyl (C=O) groups is 1. The van der Waals surface area contributed by atoms with Crippen LogP contribution in [0.5, 0.6) is 5.75 Å². The van der Waals surface area contributed by atoms with Crippen LogP contribution in [0, 0.1) is 13.8 Å². The fraction of sp³-hybridized carbons (Fsp3) is 0.611. The second kappa shape index (κ2) is 6.29. The molecule has 1 N–H and O–H groups in total. The van der Waals surface area contributed by atoms with Gasteiger partial charge in [0.2, 0.25) is 0 Å². The summed E-state index contributed by atoms with van der Waals surface area (Å²) in [5, 5.41) is 9.01. The zero-order valence-electron chi connectivity index (χ0n) is 13.5. The van der Waals surface area contributed by atoms with Crippen LogP contribution in [0.4, 0.5) is 0 Å². The maximum atomic E-state index is 12.8. The zero-order chi connectivity index (χ0) is 15.7. The van der Waals surface area contributed by atoms with E-state index in [9.17, 15) is 4.79 Å². The molecule has 1 aromatic rings. The van der Waals surface area contributed by atoms with E-state index < -0.39 is 0 Å². The number of aryl methyl sites for hydroxylation is 2. The number of rotatable bonds is 4. The zero-order valence-corrected chi connectivity index (χ0v) is 13.5. The van der Waals surface area contributed by atoms with E-state index in [0.717, 1.165) is 43.5 Å². The van der Waals surface area contributed by atoms with Crippen LogP contribution < -0.4 is 4.74 Å². The number of aliphatic hydroxyl groups excluding tert-OH is 1. The number of aliphatic hydroxyl groups is 1. The summed E-state index contributed by atoms with van der Waals surface area (Å²) in [6, 6.07) is 4.46. The standard InChI is InChI=1S/C18H25NO3/c1-12-9-14-11-17(22-16(14)10-13(12)2)18(21)19-7-3-5-15(19)6-4-8-20/h9-10,15,17,20H,3-8,11H2,1-2H3. The minimum atomic E-state index is -0.370. The van der Waals surface area contributed by atoms with Crippen molar-refractivity contribution in [1.82, 2.24) is 4.90 Å². The first kappa shape index (κ1) is 15.3. The first-order valence-corrected chi connectivity index (χ1v) is 8.28. The highest BCUT2D eigenvalue weighted by molar-refractivity contribution is 5.83. The molecule has 2 aliphatic heterocycles. The largest absolute Gasteiger partial charge is 0.480 e. The van der Waals surface area contributed by atoms with E-state index in [4.69, 9.17) is 9.84 Å². The molecular formula is C18H25NO3. The van der Waals surface area contributed by atoms with Crippen LogP contribution in [-0.4, -0.2) is 41.2 Å². The Kier molecular flexibility index (Phi) is 4.39. The predicted molar refractivity (Wildman–Crippen MR) is 85.1 cm³/mol. The van der Waals surface area contributed by atoms with Gasteiger partial charge in [-0.3, -0.25) is 4.79 Å². The van der Waals surface area contributed by atoms with Gasteiger partial charge in [0.1, 0.15) is 5.75 Å². The molecule has 1 saturated heterocycles. The van der Waals surface area contributed by atoms with Gasteiger partial charge in [0.05, 0.1) is 0 Å². The van der Waals surface area contributed by atoms with E-state index in [1.54, 1.807) is 0 Å². The maximum absolute atomic E-state index is 12.8. The minimum absolute atomic E-state index is 0.118. The molecule has 1 fully saturated rings. The number of ether oxygens (including phenoxy) is 1. The molecule has 4 heteroatoms. The number of nitrogens with zero attached hydrogens (tertiary/aromatic N) is 1. The number of amides is 1. The summed E-state index contributed by atoms with van der Waals surface area (Å²) < 4.78 is 5.93. The van der Waals surface area contributed by atoms with Crippen molar-refractivity contribution < 1.29 is 14.6 Å². The molecule has 0 bridgehead atoms. The van der Waals surface area contributed by atoms with E-state index in [-0.39, 0.29) is 24.7 Å². The van der Waals surface area contributed by atoms with Gasteiger partial charge in [0, 0.05) is 25.6 Å². The lowest BCUT2D eigenvalue weighted by Gasteiger charge is -2.27. The van der Waals surface area contributed by atoms with E-state index in [1.165, 1.54) is 11.1 Å². The van der Waals surface area contributed by atoms with Crippen molar-refractivity contribution >= 4 is 5.91 Å². The van der Waals surface area contributed by atoms with Crippen molar-refractivity contribution in [2.45, 2.75) is 58.1 Å². The molecule has 22 heavy (non-hydrogen) atoms. The van der Waals surface area contributed by atoms with Gasteiger partial charge in [0.25, 0.3) is 5.91 Å². The fourth-order valence-electron chi connectivity index (χ4n) is 3.59. The van der Waals surface area contributed by atoms with Gasteiger partial charge in [-0.1, -0.05) is 6.07 Å². The molecule has 0 aliphatic carbocycles. The molecule has 0 spiro atoms. The molecule has 2 aliphatic rings. The SMILES string of the molecule is Cc1cc2c(cc1C)OC(C(=O)N1CCCC1CCCO)C2. The number of hydrogen-bond acceptors (Lipinski definition) is 3. The summed E-state index contributed by atoms with van der Waals surface area (Å²) in [6.07, 6.45) is 4.06. The lowest BCUT2D eigenvalue weighted by molar-refractivity contribution is -0.138. The molecule has 0 radical (unpaired) electrons. The van der Waals surface area contributed by atoms with Crippen molar-refractivity contribution in [2.75, 3.05) is 13.2 Å². The summed E-state index contributed by atoms with van der Waals surface area (Å²) in [4.78, 5) is 14.8. The Bertz CT molecular complexity index is 539. The monoisotopic (exact) mass is 303 g/mol. The van der Waals surface area contributed by atoms with E-state index in [1.807, 2.05) is 11.0 Å². The summed E-state index contributed by atoms with van der Waals surface area (Å²) in [7, 11) is 0. The van der Waals surface area contributed by atoms with Crippen molar-refractivity contribution in [1.29, 1.82) is 0 Å². The highest BCUT2D eigenvalue weighted by Gasteiger charge is 2.37. The molecule has 2 atom stereocenters. The number of fused-ring (bicyclic) bond motifs is 1. The van der Waals surface area contributed by atoms with Gasteiger partial charge in [-0.05, 0) is 62.3 Å². The minimum Gasteiger partial charge on any atom is -0.480 e. The maximum Gasteiger partial charge on any atom is 0.264 e. The molecule has 4 nitrogen and oxygen atoms in total. The van der Waals surface area contributed by atoms with Gasteiger partial charge in [0.15, 0.2) is 6.10 Å². The normalized spacial score (nSPS) is 23.5. The van der Waals surface area contributed by atoms with Crippen LogP contribution >= 0.6 is 0 Å². The van der Waals surface area contributed by atoms with Gasteiger partial charge in [-0.25, -0.2) is 0 Å². The molecule has 2 unspecified atom stereocenters. The van der Waals surface area contributed by atoms with Crippen LogP contribution in [0.15, 0.2) is 12.1 Å².